The predicted octanol–water partition coefficient (Wildman–Crippen LogP) is 4.42. The second kappa shape index (κ2) is 6.33. The second-order valence-corrected chi connectivity index (χ2v) is 9.10. The van der Waals surface area contributed by atoms with Gasteiger partial charge in [-0.05, 0) is 56.7 Å². The van der Waals surface area contributed by atoms with Crippen LogP contribution in [0.15, 0.2) is 23.8 Å². The zero-order chi connectivity index (χ0) is 19.3. The summed E-state index contributed by atoms with van der Waals surface area (Å²) in [6.07, 6.45) is 3.46. The monoisotopic (exact) mass is 357 g/mol. The number of phenolic OH excluding ortho intramolecular Hbond substituents is 1. The Kier molecular flexibility index (Phi) is 4.58. The van der Waals surface area contributed by atoms with Gasteiger partial charge in [0.1, 0.15) is 17.1 Å². The topological polar surface area (TPSA) is 58.6 Å². The fourth-order valence-electron chi connectivity index (χ4n) is 4.29. The maximum atomic E-state index is 12.3. The van der Waals surface area contributed by atoms with Crippen LogP contribution in [0, 0.1) is 5.92 Å². The Bertz CT molecular complexity index is 755. The lowest BCUT2D eigenvalue weighted by atomic mass is 9.66. The normalized spacial score (nSPS) is 24.0. The van der Waals surface area contributed by atoms with E-state index in [4.69, 9.17) is 4.74 Å². The van der Waals surface area contributed by atoms with Gasteiger partial charge in [-0.15, -0.1) is 0 Å². The Labute approximate surface area is 156 Å². The number of hydrogen-bond acceptors (Lipinski definition) is 3. The highest BCUT2D eigenvalue weighted by Gasteiger charge is 2.46. The van der Waals surface area contributed by atoms with E-state index in [9.17, 15) is 9.90 Å². The van der Waals surface area contributed by atoms with Crippen LogP contribution in [0.3, 0.4) is 0 Å². The van der Waals surface area contributed by atoms with Crippen molar-refractivity contribution >= 4 is 5.91 Å². The van der Waals surface area contributed by atoms with Gasteiger partial charge in [0.25, 0.3) is 0 Å². The average molecular weight is 357 g/mol. The molecule has 142 valence electrons. The van der Waals surface area contributed by atoms with Crippen LogP contribution >= 0.6 is 0 Å². The summed E-state index contributed by atoms with van der Waals surface area (Å²) in [6.45, 7) is 13.1. The number of phenols is 1. The maximum Gasteiger partial charge on any atom is 0.246 e. The standard InChI is InChI=1S/C22H31NO3/c1-7-23-20(25)13-8-9-16-15(10-13)19-17(24)11-14(21(2,3)4)12-18(19)26-22(16,5)6/h8,11-12,15-16,24H,7,9-10H2,1-6H3,(H,23,25)/t15-,16-/m1/s1. The molecule has 26 heavy (non-hydrogen) atoms. The number of nitrogens with one attached hydrogen (secondary N) is 1. The van der Waals surface area contributed by atoms with E-state index in [2.05, 4.69) is 46.0 Å². The summed E-state index contributed by atoms with van der Waals surface area (Å²) < 4.78 is 6.36. The molecule has 0 spiro atoms. The van der Waals surface area contributed by atoms with E-state index in [0.717, 1.165) is 28.9 Å². The molecule has 1 aromatic carbocycles. The molecule has 3 rings (SSSR count). The van der Waals surface area contributed by atoms with Crippen molar-refractivity contribution in [3.63, 3.8) is 0 Å². The van der Waals surface area contributed by atoms with Crippen molar-refractivity contribution in [3.8, 4) is 11.5 Å². The van der Waals surface area contributed by atoms with Gasteiger partial charge >= 0.3 is 0 Å². The Morgan fingerprint density at radius 2 is 2.04 bits per heavy atom. The zero-order valence-electron chi connectivity index (χ0n) is 16.8. The van der Waals surface area contributed by atoms with E-state index in [1.54, 1.807) is 0 Å². The van der Waals surface area contributed by atoms with Crippen molar-refractivity contribution in [1.29, 1.82) is 0 Å². The number of rotatable bonds is 2. The zero-order valence-corrected chi connectivity index (χ0v) is 16.8. The highest BCUT2D eigenvalue weighted by molar-refractivity contribution is 5.93. The molecule has 1 aliphatic carbocycles. The average Bonchev–Trinajstić information content (AvgIpc) is 2.52. The molecule has 2 atom stereocenters. The summed E-state index contributed by atoms with van der Waals surface area (Å²) >= 11 is 0. The van der Waals surface area contributed by atoms with Crippen molar-refractivity contribution in [2.24, 2.45) is 5.92 Å². The SMILES string of the molecule is CCNC(=O)C1=CC[C@@H]2[C@@H](C1)c1c(O)cc(C(C)(C)C)cc1OC2(C)C. The van der Waals surface area contributed by atoms with Gasteiger partial charge in [-0.1, -0.05) is 26.8 Å². The highest BCUT2D eigenvalue weighted by atomic mass is 16.5. The first-order chi connectivity index (χ1) is 12.0. The number of allylic oxidation sites excluding steroid dienone is 1. The Hall–Kier alpha value is -1.97. The van der Waals surface area contributed by atoms with Crippen LogP contribution in [0.1, 0.15) is 71.4 Å². The summed E-state index contributed by atoms with van der Waals surface area (Å²) in [5, 5.41) is 13.7. The third kappa shape index (κ3) is 3.22. The molecule has 1 aliphatic heterocycles. The maximum absolute atomic E-state index is 12.3. The van der Waals surface area contributed by atoms with Crippen molar-refractivity contribution in [1.82, 2.24) is 5.32 Å². The van der Waals surface area contributed by atoms with E-state index in [1.807, 2.05) is 19.1 Å². The molecular formula is C22H31NO3. The number of carbonyl (C=O) groups is 1. The number of likely N-dealkylation sites (N-methyl/N-ethyl adjacent to an activating group) is 1. The molecule has 2 N–H and O–H groups in total. The van der Waals surface area contributed by atoms with Crippen molar-refractivity contribution in [2.75, 3.05) is 6.54 Å². The quantitative estimate of drug-likeness (QED) is 0.824. The molecule has 0 aromatic heterocycles. The number of benzene rings is 1. The molecule has 1 heterocycles. The van der Waals surface area contributed by atoms with Crippen molar-refractivity contribution < 1.29 is 14.6 Å². The van der Waals surface area contributed by atoms with Crippen LogP contribution in [0.5, 0.6) is 11.5 Å². The van der Waals surface area contributed by atoms with Gasteiger partial charge in [0, 0.05) is 29.5 Å². The number of amides is 1. The van der Waals surface area contributed by atoms with Crippen LogP contribution in [-0.4, -0.2) is 23.2 Å². The van der Waals surface area contributed by atoms with Gasteiger partial charge in [-0.25, -0.2) is 0 Å². The lowest BCUT2D eigenvalue weighted by molar-refractivity contribution is -0.117. The van der Waals surface area contributed by atoms with Crippen LogP contribution in [0.4, 0.5) is 0 Å². The number of fused-ring (bicyclic) bond motifs is 3. The summed E-state index contributed by atoms with van der Waals surface area (Å²) in [5.74, 6) is 1.38. The third-order valence-electron chi connectivity index (χ3n) is 5.80. The van der Waals surface area contributed by atoms with E-state index in [-0.39, 0.29) is 34.5 Å². The fourth-order valence-corrected chi connectivity index (χ4v) is 4.29. The predicted molar refractivity (Wildman–Crippen MR) is 104 cm³/mol. The lowest BCUT2D eigenvalue weighted by Gasteiger charge is -2.47. The number of carbonyl (C=O) groups excluding carboxylic acids is 1. The summed E-state index contributed by atoms with van der Waals surface area (Å²) in [7, 11) is 0. The molecule has 0 fully saturated rings. The minimum absolute atomic E-state index is 0.00241. The van der Waals surface area contributed by atoms with E-state index in [1.165, 1.54) is 0 Å². The van der Waals surface area contributed by atoms with Crippen LogP contribution in [0.2, 0.25) is 0 Å². The Morgan fingerprint density at radius 3 is 2.65 bits per heavy atom. The molecule has 4 heteroatoms. The highest BCUT2D eigenvalue weighted by Crippen LogP contribution is 2.54. The Balaban J connectivity index is 2.06. The smallest absolute Gasteiger partial charge is 0.246 e. The lowest BCUT2D eigenvalue weighted by Crippen LogP contribution is -2.46. The first kappa shape index (κ1) is 18.8. The van der Waals surface area contributed by atoms with E-state index < -0.39 is 0 Å². The largest absolute Gasteiger partial charge is 0.508 e. The van der Waals surface area contributed by atoms with Gasteiger partial charge in [0.05, 0.1) is 0 Å². The molecule has 0 radical (unpaired) electrons. The van der Waals surface area contributed by atoms with Crippen molar-refractivity contribution in [2.45, 2.75) is 71.3 Å². The van der Waals surface area contributed by atoms with Gasteiger partial charge in [-0.3, -0.25) is 4.79 Å². The third-order valence-corrected chi connectivity index (χ3v) is 5.80. The molecular weight excluding hydrogens is 326 g/mol. The molecule has 2 aliphatic rings. The van der Waals surface area contributed by atoms with Gasteiger partial charge in [0.2, 0.25) is 5.91 Å². The molecule has 4 nitrogen and oxygen atoms in total. The van der Waals surface area contributed by atoms with Crippen LogP contribution in [-0.2, 0) is 10.2 Å². The Morgan fingerprint density at radius 1 is 1.35 bits per heavy atom. The number of aromatic hydroxyl groups is 1. The summed E-state index contributed by atoms with van der Waals surface area (Å²) in [6, 6.07) is 3.93. The van der Waals surface area contributed by atoms with E-state index in [0.29, 0.717) is 13.0 Å². The van der Waals surface area contributed by atoms with Crippen LogP contribution < -0.4 is 10.1 Å². The minimum atomic E-state index is -0.343. The van der Waals surface area contributed by atoms with Crippen LogP contribution in [0.25, 0.3) is 0 Å². The number of hydrogen-bond donors (Lipinski definition) is 2. The fraction of sp³-hybridized carbons (Fsp3) is 0.591. The molecule has 1 amide bonds. The summed E-state index contributed by atoms with van der Waals surface area (Å²) in [4.78, 5) is 12.3. The second-order valence-electron chi connectivity index (χ2n) is 9.10. The summed E-state index contributed by atoms with van der Waals surface area (Å²) in [5.41, 5.74) is 2.31. The van der Waals surface area contributed by atoms with E-state index >= 15 is 0 Å². The van der Waals surface area contributed by atoms with Gasteiger partial charge in [0.15, 0.2) is 0 Å². The number of ether oxygens (including phenoxy) is 1. The molecule has 0 saturated heterocycles. The molecule has 0 bridgehead atoms. The first-order valence-corrected chi connectivity index (χ1v) is 9.58. The van der Waals surface area contributed by atoms with Crippen molar-refractivity contribution in [3.05, 3.63) is 34.9 Å². The first-order valence-electron chi connectivity index (χ1n) is 9.58. The van der Waals surface area contributed by atoms with Gasteiger partial charge < -0.3 is 15.2 Å². The molecule has 0 unspecified atom stereocenters. The van der Waals surface area contributed by atoms with Gasteiger partial charge in [-0.2, -0.15) is 0 Å². The molecule has 0 saturated carbocycles. The molecule has 1 aromatic rings. The minimum Gasteiger partial charge on any atom is -0.508 e.